The monoisotopic (exact) mass is 424 g/mol. The molecule has 162 valence electrons. The number of ether oxygens (including phenoxy) is 1. The third kappa shape index (κ3) is 6.74. The van der Waals surface area contributed by atoms with Crippen molar-refractivity contribution in [1.29, 1.82) is 0 Å². The Kier molecular flexibility index (Phi) is 7.86. The summed E-state index contributed by atoms with van der Waals surface area (Å²) in [6, 6.07) is 13.2. The Morgan fingerprint density at radius 3 is 2.71 bits per heavy atom. The lowest BCUT2D eigenvalue weighted by Crippen LogP contribution is -2.25. The molecule has 1 amide bonds. The first-order chi connectivity index (χ1) is 15.0. The molecule has 2 aromatic carbocycles. The lowest BCUT2D eigenvalue weighted by atomic mass is 10.2. The summed E-state index contributed by atoms with van der Waals surface area (Å²) in [5, 5.41) is 10.8. The van der Waals surface area contributed by atoms with Gasteiger partial charge < -0.3 is 15.0 Å². The van der Waals surface area contributed by atoms with Crippen molar-refractivity contribution in [3.8, 4) is 17.1 Å². The van der Waals surface area contributed by atoms with Gasteiger partial charge in [0.15, 0.2) is 5.82 Å². The smallest absolute Gasteiger partial charge is 0.273 e. The molecule has 0 atom stereocenters. The van der Waals surface area contributed by atoms with Crippen molar-refractivity contribution in [2.24, 2.45) is 0 Å². The van der Waals surface area contributed by atoms with Crippen LogP contribution >= 0.6 is 0 Å². The molecule has 1 aromatic heterocycles. The number of H-pyrrole nitrogens is 1. The zero-order valence-corrected chi connectivity index (χ0v) is 17.4. The molecule has 0 saturated heterocycles. The predicted octanol–water partition coefficient (Wildman–Crippen LogP) is 3.40. The van der Waals surface area contributed by atoms with Gasteiger partial charge >= 0.3 is 0 Å². The van der Waals surface area contributed by atoms with Crippen molar-refractivity contribution >= 4 is 5.91 Å². The van der Waals surface area contributed by atoms with Gasteiger partial charge in [0.05, 0.1) is 6.61 Å². The number of amides is 1. The number of halogens is 1. The Bertz CT molecular complexity index is 1070. The second-order valence-corrected chi connectivity index (χ2v) is 7.08. The first-order valence-electron chi connectivity index (χ1n) is 10.3. The zero-order chi connectivity index (χ0) is 22.1. The van der Waals surface area contributed by atoms with Gasteiger partial charge in [-0.05, 0) is 36.2 Å². The van der Waals surface area contributed by atoms with Gasteiger partial charge in [-0.2, -0.15) is 0 Å². The quantitative estimate of drug-likeness (QED) is 0.486. The maximum atomic E-state index is 12.9. The van der Waals surface area contributed by atoms with E-state index in [0.29, 0.717) is 23.7 Å². The first-order valence-corrected chi connectivity index (χ1v) is 10.3. The number of carbonyl (C=O) groups excluding carboxylic acids is 1. The SMILES string of the molecule is CCCCOc1cccc(-c2nnc(CCC(=O)NCc3ccc(F)cc3)c(=O)[nH]2)c1. The summed E-state index contributed by atoms with van der Waals surface area (Å²) < 4.78 is 18.6. The summed E-state index contributed by atoms with van der Waals surface area (Å²) in [6.45, 7) is 3.01. The molecule has 0 aliphatic heterocycles. The number of hydrogen-bond donors (Lipinski definition) is 2. The summed E-state index contributed by atoms with van der Waals surface area (Å²) in [5.74, 6) is 0.490. The van der Waals surface area contributed by atoms with Crippen LogP contribution in [0.15, 0.2) is 53.3 Å². The van der Waals surface area contributed by atoms with Crippen molar-refractivity contribution in [1.82, 2.24) is 20.5 Å². The van der Waals surface area contributed by atoms with Crippen LogP contribution in [-0.4, -0.2) is 27.7 Å². The van der Waals surface area contributed by atoms with E-state index in [0.717, 1.165) is 18.4 Å². The standard InChI is InChI=1S/C23H25FN4O3/c1-2-3-13-31-19-6-4-5-17(14-19)22-26-23(30)20(27-28-22)11-12-21(29)25-15-16-7-9-18(24)10-8-16/h4-10,14H,2-3,11-13,15H2,1H3,(H,25,29)(H,26,28,30). The molecular weight excluding hydrogens is 399 g/mol. The van der Waals surface area contributed by atoms with E-state index in [1.807, 2.05) is 18.2 Å². The number of benzene rings is 2. The Morgan fingerprint density at radius 1 is 1.16 bits per heavy atom. The van der Waals surface area contributed by atoms with Crippen molar-refractivity contribution in [2.45, 2.75) is 39.2 Å². The fourth-order valence-corrected chi connectivity index (χ4v) is 2.84. The third-order valence-electron chi connectivity index (χ3n) is 4.63. The highest BCUT2D eigenvalue weighted by molar-refractivity contribution is 5.76. The molecule has 1 heterocycles. The number of unbranched alkanes of at least 4 members (excludes halogenated alkanes) is 1. The highest BCUT2D eigenvalue weighted by atomic mass is 19.1. The second kappa shape index (κ2) is 11.0. The highest BCUT2D eigenvalue weighted by Crippen LogP contribution is 2.20. The van der Waals surface area contributed by atoms with E-state index in [4.69, 9.17) is 4.74 Å². The predicted molar refractivity (Wildman–Crippen MR) is 115 cm³/mol. The summed E-state index contributed by atoms with van der Waals surface area (Å²) in [7, 11) is 0. The number of nitrogens with zero attached hydrogens (tertiary/aromatic N) is 2. The maximum absolute atomic E-state index is 12.9. The maximum Gasteiger partial charge on any atom is 0.273 e. The molecule has 0 unspecified atom stereocenters. The van der Waals surface area contributed by atoms with Crippen molar-refractivity contribution in [3.05, 3.63) is 76.0 Å². The molecule has 0 aliphatic carbocycles. The van der Waals surface area contributed by atoms with Crippen molar-refractivity contribution in [2.75, 3.05) is 6.61 Å². The van der Waals surface area contributed by atoms with Gasteiger partial charge in [0, 0.05) is 24.9 Å². The fourth-order valence-electron chi connectivity index (χ4n) is 2.84. The topological polar surface area (TPSA) is 97.0 Å². The number of aryl methyl sites for hydroxylation is 1. The van der Waals surface area contributed by atoms with E-state index < -0.39 is 0 Å². The normalized spacial score (nSPS) is 10.6. The molecule has 0 aliphatic rings. The van der Waals surface area contributed by atoms with Crippen LogP contribution in [0.1, 0.15) is 37.4 Å². The van der Waals surface area contributed by atoms with Crippen LogP contribution in [0, 0.1) is 5.82 Å². The fraction of sp³-hybridized carbons (Fsp3) is 0.304. The van der Waals surface area contributed by atoms with E-state index in [2.05, 4.69) is 27.4 Å². The van der Waals surface area contributed by atoms with Crippen LogP contribution in [0.3, 0.4) is 0 Å². The van der Waals surface area contributed by atoms with E-state index in [1.165, 1.54) is 12.1 Å². The lowest BCUT2D eigenvalue weighted by Gasteiger charge is -2.07. The second-order valence-electron chi connectivity index (χ2n) is 7.08. The first kappa shape index (κ1) is 22.1. The Balaban J connectivity index is 1.55. The number of carbonyl (C=O) groups is 1. The van der Waals surface area contributed by atoms with Crippen LogP contribution in [-0.2, 0) is 17.8 Å². The van der Waals surface area contributed by atoms with Gasteiger partial charge in [-0.3, -0.25) is 9.59 Å². The van der Waals surface area contributed by atoms with Gasteiger partial charge in [-0.15, -0.1) is 10.2 Å². The van der Waals surface area contributed by atoms with Crippen LogP contribution in [0.25, 0.3) is 11.4 Å². The lowest BCUT2D eigenvalue weighted by molar-refractivity contribution is -0.121. The molecule has 3 rings (SSSR count). The molecule has 0 fully saturated rings. The Labute approximate surface area is 179 Å². The third-order valence-corrected chi connectivity index (χ3v) is 4.63. The van der Waals surface area contributed by atoms with E-state index in [9.17, 15) is 14.0 Å². The molecule has 7 nitrogen and oxygen atoms in total. The average molecular weight is 424 g/mol. The van der Waals surface area contributed by atoms with E-state index in [1.54, 1.807) is 18.2 Å². The zero-order valence-electron chi connectivity index (χ0n) is 17.4. The van der Waals surface area contributed by atoms with Crippen molar-refractivity contribution in [3.63, 3.8) is 0 Å². The van der Waals surface area contributed by atoms with Crippen LogP contribution in [0.4, 0.5) is 4.39 Å². The average Bonchev–Trinajstić information content (AvgIpc) is 2.78. The minimum Gasteiger partial charge on any atom is -0.494 e. The Morgan fingerprint density at radius 2 is 1.97 bits per heavy atom. The summed E-state index contributed by atoms with van der Waals surface area (Å²) in [5.41, 5.74) is 1.30. The summed E-state index contributed by atoms with van der Waals surface area (Å²) >= 11 is 0. The molecule has 31 heavy (non-hydrogen) atoms. The summed E-state index contributed by atoms with van der Waals surface area (Å²) in [6.07, 6.45) is 2.27. The van der Waals surface area contributed by atoms with Crippen LogP contribution < -0.4 is 15.6 Å². The molecule has 8 heteroatoms. The molecule has 0 saturated carbocycles. The molecule has 0 bridgehead atoms. The minimum atomic E-state index is -0.381. The van der Waals surface area contributed by atoms with E-state index >= 15 is 0 Å². The van der Waals surface area contributed by atoms with Gasteiger partial charge in [0.25, 0.3) is 5.56 Å². The number of aromatic amines is 1. The molecular formula is C23H25FN4O3. The summed E-state index contributed by atoms with van der Waals surface area (Å²) in [4.78, 5) is 27.1. The number of hydrogen-bond acceptors (Lipinski definition) is 5. The van der Waals surface area contributed by atoms with Crippen molar-refractivity contribution < 1.29 is 13.9 Å². The largest absolute Gasteiger partial charge is 0.494 e. The van der Waals surface area contributed by atoms with Gasteiger partial charge in [0.2, 0.25) is 5.91 Å². The van der Waals surface area contributed by atoms with Crippen LogP contribution in [0.2, 0.25) is 0 Å². The molecule has 0 radical (unpaired) electrons. The van der Waals surface area contributed by atoms with Gasteiger partial charge in [0.1, 0.15) is 17.3 Å². The molecule has 3 aromatic rings. The highest BCUT2D eigenvalue weighted by Gasteiger charge is 2.10. The van der Waals surface area contributed by atoms with E-state index in [-0.39, 0.29) is 42.4 Å². The minimum absolute atomic E-state index is 0.0963. The van der Waals surface area contributed by atoms with Crippen LogP contribution in [0.5, 0.6) is 5.75 Å². The molecule has 2 N–H and O–H groups in total. The van der Waals surface area contributed by atoms with Gasteiger partial charge in [-0.1, -0.05) is 37.6 Å². The number of nitrogens with one attached hydrogen (secondary N) is 2. The number of aromatic nitrogens is 3. The van der Waals surface area contributed by atoms with Gasteiger partial charge in [-0.25, -0.2) is 4.39 Å². The number of rotatable bonds is 10. The molecule has 0 spiro atoms. The Hall–Kier alpha value is -3.55.